The summed E-state index contributed by atoms with van der Waals surface area (Å²) in [5, 5.41) is 4.03. The molecule has 12 heteroatoms. The number of halogens is 2. The van der Waals surface area contributed by atoms with Crippen molar-refractivity contribution in [3.63, 3.8) is 0 Å². The number of para-hydroxylation sites is 1. The molecule has 42 heavy (non-hydrogen) atoms. The number of carbonyl (C=O) groups is 2. The van der Waals surface area contributed by atoms with Gasteiger partial charge >= 0.3 is 6.09 Å². The molecule has 0 saturated carbocycles. The van der Waals surface area contributed by atoms with Crippen molar-refractivity contribution < 1.29 is 14.3 Å². The highest BCUT2D eigenvalue weighted by Gasteiger charge is 2.35. The summed E-state index contributed by atoms with van der Waals surface area (Å²) in [6, 6.07) is 13.3. The molecule has 222 valence electrons. The van der Waals surface area contributed by atoms with E-state index in [2.05, 4.69) is 27.1 Å². The highest BCUT2D eigenvalue weighted by Crippen LogP contribution is 2.37. The van der Waals surface area contributed by atoms with Crippen molar-refractivity contribution in [1.29, 1.82) is 0 Å². The Morgan fingerprint density at radius 1 is 1.02 bits per heavy atom. The van der Waals surface area contributed by atoms with Gasteiger partial charge in [-0.15, -0.1) is 0 Å². The van der Waals surface area contributed by atoms with Gasteiger partial charge in [0.25, 0.3) is 5.91 Å². The number of carbonyl (C=O) groups excluding carboxylic acids is 2. The van der Waals surface area contributed by atoms with Gasteiger partial charge in [-0.25, -0.2) is 9.78 Å². The predicted octanol–water partition coefficient (Wildman–Crippen LogP) is 6.42. The lowest BCUT2D eigenvalue weighted by Crippen LogP contribution is -2.59. The van der Waals surface area contributed by atoms with Gasteiger partial charge in [0, 0.05) is 49.8 Å². The molecule has 10 nitrogen and oxygen atoms in total. The number of fused-ring (bicyclic) bond motifs is 1. The normalized spacial score (nSPS) is 19.1. The molecule has 1 N–H and O–H groups in total. The van der Waals surface area contributed by atoms with Crippen LogP contribution in [0.1, 0.15) is 45.0 Å². The monoisotopic (exact) mass is 611 g/mol. The molecular formula is C30H35Cl2N7O3. The van der Waals surface area contributed by atoms with E-state index in [1.807, 2.05) is 63.9 Å². The standard InChI is InChI=1S/C30H35Cl2N7O3/c1-18-16-38(29(41)42-30(3,4)5)19(2)15-37(18)21-12-10-20(11-13-21)34-28-33-14-22-26(35-28)36(6)17-39(27(22)40)25-23(31)8-7-9-24(25)32/h7-14,18-19H,15-17H2,1-6H3,(H,33,34,35)/t18-,19+/m0/s1. The summed E-state index contributed by atoms with van der Waals surface area (Å²) >= 11 is 12.7. The molecule has 3 heterocycles. The topological polar surface area (TPSA) is 94.1 Å². The summed E-state index contributed by atoms with van der Waals surface area (Å²) in [7, 11) is 1.85. The van der Waals surface area contributed by atoms with Crippen molar-refractivity contribution in [3.05, 3.63) is 64.3 Å². The fourth-order valence-corrected chi connectivity index (χ4v) is 5.81. The third-order valence-electron chi connectivity index (χ3n) is 7.24. The predicted molar refractivity (Wildman–Crippen MR) is 168 cm³/mol. The van der Waals surface area contributed by atoms with Crippen LogP contribution in [0, 0.1) is 0 Å². The van der Waals surface area contributed by atoms with E-state index in [4.69, 9.17) is 27.9 Å². The van der Waals surface area contributed by atoms with Crippen molar-refractivity contribution in [2.24, 2.45) is 0 Å². The van der Waals surface area contributed by atoms with E-state index in [0.717, 1.165) is 11.4 Å². The quantitative estimate of drug-likeness (QED) is 0.361. The zero-order valence-corrected chi connectivity index (χ0v) is 26.1. The van der Waals surface area contributed by atoms with Crippen LogP contribution in [0.25, 0.3) is 0 Å². The van der Waals surface area contributed by atoms with E-state index in [9.17, 15) is 9.59 Å². The molecule has 1 saturated heterocycles. The molecule has 2 aliphatic rings. The number of piperazine rings is 1. The summed E-state index contributed by atoms with van der Waals surface area (Å²) in [6.07, 6.45) is 1.24. The second-order valence-corrected chi connectivity index (χ2v) is 12.5. The van der Waals surface area contributed by atoms with Gasteiger partial charge in [0.2, 0.25) is 5.95 Å². The summed E-state index contributed by atoms with van der Waals surface area (Å²) in [5.74, 6) is 0.613. The molecule has 2 atom stereocenters. The van der Waals surface area contributed by atoms with Crippen LogP contribution in [0.2, 0.25) is 10.0 Å². The van der Waals surface area contributed by atoms with Crippen LogP contribution in [-0.4, -0.2) is 71.4 Å². The van der Waals surface area contributed by atoms with Crippen LogP contribution in [0.15, 0.2) is 48.7 Å². The number of hydrogen-bond acceptors (Lipinski definition) is 8. The number of rotatable bonds is 4. The zero-order valence-electron chi connectivity index (χ0n) is 24.6. The van der Waals surface area contributed by atoms with Gasteiger partial charge in [0.15, 0.2) is 0 Å². The molecule has 5 rings (SSSR count). The Kier molecular flexibility index (Phi) is 8.13. The number of hydrogen-bond donors (Lipinski definition) is 1. The van der Waals surface area contributed by atoms with Crippen LogP contribution in [-0.2, 0) is 4.74 Å². The van der Waals surface area contributed by atoms with Gasteiger partial charge < -0.3 is 24.8 Å². The summed E-state index contributed by atoms with van der Waals surface area (Å²) in [6.45, 7) is 11.3. The SMILES string of the molecule is C[C@@H]1CN(c2ccc(Nc3ncc4c(n3)N(C)CN(c3c(Cl)cccc3Cl)C4=O)cc2)[C@@H](C)CN1C(=O)OC(C)(C)C. The van der Waals surface area contributed by atoms with Crippen LogP contribution in [0.4, 0.5) is 33.6 Å². The lowest BCUT2D eigenvalue weighted by Gasteiger charge is -2.45. The smallest absolute Gasteiger partial charge is 0.410 e. The number of nitrogens with one attached hydrogen (secondary N) is 1. The molecule has 1 fully saturated rings. The van der Waals surface area contributed by atoms with Gasteiger partial charge in [-0.1, -0.05) is 29.3 Å². The minimum atomic E-state index is -0.530. The van der Waals surface area contributed by atoms with Crippen LogP contribution < -0.4 is 20.0 Å². The second kappa shape index (κ2) is 11.5. The average Bonchev–Trinajstić information content (AvgIpc) is 2.92. The highest BCUT2D eigenvalue weighted by atomic mass is 35.5. The largest absolute Gasteiger partial charge is 0.444 e. The van der Waals surface area contributed by atoms with E-state index in [1.165, 1.54) is 11.1 Å². The maximum atomic E-state index is 13.3. The third-order valence-corrected chi connectivity index (χ3v) is 7.85. The first-order valence-electron chi connectivity index (χ1n) is 13.8. The Bertz CT molecular complexity index is 1470. The number of amides is 2. The Hall–Kier alpha value is -3.76. The minimum Gasteiger partial charge on any atom is -0.444 e. The van der Waals surface area contributed by atoms with Crippen molar-refractivity contribution in [1.82, 2.24) is 14.9 Å². The first-order valence-corrected chi connectivity index (χ1v) is 14.6. The lowest BCUT2D eigenvalue weighted by molar-refractivity contribution is 0.0130. The lowest BCUT2D eigenvalue weighted by atomic mass is 10.1. The average molecular weight is 613 g/mol. The zero-order chi connectivity index (χ0) is 30.3. The molecule has 0 spiro atoms. The van der Waals surface area contributed by atoms with Crippen LogP contribution in [0.5, 0.6) is 0 Å². The minimum absolute atomic E-state index is 0.00214. The summed E-state index contributed by atoms with van der Waals surface area (Å²) in [4.78, 5) is 42.6. The molecule has 0 radical (unpaired) electrons. The molecule has 2 aromatic carbocycles. The third kappa shape index (κ3) is 6.05. The first kappa shape index (κ1) is 29.7. The number of ether oxygens (including phenoxy) is 1. The van der Waals surface area contributed by atoms with Crippen LogP contribution in [0.3, 0.4) is 0 Å². The maximum Gasteiger partial charge on any atom is 0.410 e. The van der Waals surface area contributed by atoms with Crippen molar-refractivity contribution in [3.8, 4) is 0 Å². The molecule has 0 aliphatic carbocycles. The van der Waals surface area contributed by atoms with Crippen molar-refractivity contribution in [2.75, 3.05) is 46.8 Å². The molecular weight excluding hydrogens is 577 g/mol. The number of aromatic nitrogens is 2. The molecule has 1 aromatic heterocycles. The van der Waals surface area contributed by atoms with E-state index < -0.39 is 5.60 Å². The van der Waals surface area contributed by atoms with Gasteiger partial charge in [-0.05, 0) is 71.0 Å². The van der Waals surface area contributed by atoms with Gasteiger partial charge in [-0.3, -0.25) is 9.69 Å². The Morgan fingerprint density at radius 3 is 2.33 bits per heavy atom. The van der Waals surface area contributed by atoms with Gasteiger partial charge in [-0.2, -0.15) is 4.98 Å². The van der Waals surface area contributed by atoms with Gasteiger partial charge in [0.05, 0.1) is 22.4 Å². The number of benzene rings is 2. The molecule has 2 aliphatic heterocycles. The fraction of sp³-hybridized carbons (Fsp3) is 0.400. The Balaban J connectivity index is 1.27. The summed E-state index contributed by atoms with van der Waals surface area (Å²) in [5.41, 5.74) is 2.15. The fourth-order valence-electron chi connectivity index (χ4n) is 5.21. The molecule has 0 unspecified atom stereocenters. The van der Waals surface area contributed by atoms with E-state index in [-0.39, 0.29) is 30.8 Å². The Labute approximate surface area is 256 Å². The second-order valence-electron chi connectivity index (χ2n) is 11.7. The number of nitrogens with zero attached hydrogens (tertiary/aromatic N) is 6. The van der Waals surface area contributed by atoms with Crippen molar-refractivity contribution in [2.45, 2.75) is 52.3 Å². The molecule has 2 amide bonds. The maximum absolute atomic E-state index is 13.3. The Morgan fingerprint density at radius 2 is 1.69 bits per heavy atom. The first-order chi connectivity index (χ1) is 19.8. The van der Waals surface area contributed by atoms with E-state index in [0.29, 0.717) is 46.2 Å². The van der Waals surface area contributed by atoms with Crippen molar-refractivity contribution >= 4 is 64.0 Å². The van der Waals surface area contributed by atoms with Crippen LogP contribution >= 0.6 is 23.2 Å². The molecule has 0 bridgehead atoms. The van der Waals surface area contributed by atoms with Gasteiger partial charge in [0.1, 0.15) is 17.0 Å². The molecule has 3 aromatic rings. The summed E-state index contributed by atoms with van der Waals surface area (Å²) < 4.78 is 5.60. The highest BCUT2D eigenvalue weighted by molar-refractivity contribution is 6.40. The van der Waals surface area contributed by atoms with E-state index >= 15 is 0 Å². The number of anilines is 5. The van der Waals surface area contributed by atoms with E-state index in [1.54, 1.807) is 23.1 Å².